The lowest BCUT2D eigenvalue weighted by Gasteiger charge is -2.36. The van der Waals surface area contributed by atoms with Crippen molar-refractivity contribution < 1.29 is 9.18 Å². The molecule has 0 unspecified atom stereocenters. The molecule has 26 heavy (non-hydrogen) atoms. The second-order valence-corrected chi connectivity index (χ2v) is 7.22. The highest BCUT2D eigenvalue weighted by Crippen LogP contribution is 2.20. The van der Waals surface area contributed by atoms with Gasteiger partial charge in [0.1, 0.15) is 5.82 Å². The van der Waals surface area contributed by atoms with Gasteiger partial charge < -0.3 is 10.2 Å². The monoisotopic (exact) mass is 419 g/mol. The van der Waals surface area contributed by atoms with E-state index < -0.39 is 0 Å². The number of hydrogen-bond acceptors (Lipinski definition) is 3. The first kappa shape index (κ1) is 18.9. The summed E-state index contributed by atoms with van der Waals surface area (Å²) in [6.45, 7) is 5.04. The van der Waals surface area contributed by atoms with Crippen LogP contribution in [0.5, 0.6) is 0 Å². The van der Waals surface area contributed by atoms with Gasteiger partial charge in [0.25, 0.3) is 5.91 Å². The molecule has 3 rings (SSSR count). The fraction of sp³-hybridized carbons (Fsp3) is 0.350. The second kappa shape index (κ2) is 9.14. The van der Waals surface area contributed by atoms with E-state index in [0.29, 0.717) is 17.8 Å². The highest BCUT2D eigenvalue weighted by Gasteiger charge is 2.18. The van der Waals surface area contributed by atoms with E-state index in [1.165, 1.54) is 6.07 Å². The van der Waals surface area contributed by atoms with Crippen LogP contribution in [0, 0.1) is 5.82 Å². The highest BCUT2D eigenvalue weighted by molar-refractivity contribution is 9.10. The number of amides is 1. The maximum atomic E-state index is 13.9. The van der Waals surface area contributed by atoms with Gasteiger partial charge in [-0.2, -0.15) is 0 Å². The molecule has 1 fully saturated rings. The van der Waals surface area contributed by atoms with Gasteiger partial charge in [0.05, 0.1) is 11.3 Å². The van der Waals surface area contributed by atoms with E-state index in [1.54, 1.807) is 12.1 Å². The Balaban J connectivity index is 1.37. The number of nitrogens with zero attached hydrogens (tertiary/aromatic N) is 2. The summed E-state index contributed by atoms with van der Waals surface area (Å²) in [5.41, 5.74) is 1.35. The van der Waals surface area contributed by atoms with Crippen molar-refractivity contribution in [2.45, 2.75) is 6.42 Å². The summed E-state index contributed by atoms with van der Waals surface area (Å²) in [7, 11) is 0. The second-order valence-electron chi connectivity index (χ2n) is 6.37. The molecule has 1 aliphatic rings. The molecule has 0 spiro atoms. The third-order valence-electron chi connectivity index (χ3n) is 4.62. The van der Waals surface area contributed by atoms with Crippen LogP contribution in [0.3, 0.4) is 0 Å². The number of para-hydroxylation sites is 1. The number of hydrogen-bond donors (Lipinski definition) is 1. The molecule has 0 saturated carbocycles. The summed E-state index contributed by atoms with van der Waals surface area (Å²) in [6, 6.07) is 14.4. The zero-order chi connectivity index (χ0) is 18.4. The molecule has 0 atom stereocenters. The first-order chi connectivity index (χ1) is 12.6. The molecule has 2 aromatic rings. The van der Waals surface area contributed by atoms with Crippen LogP contribution < -0.4 is 10.2 Å². The van der Waals surface area contributed by atoms with Crippen molar-refractivity contribution in [3.63, 3.8) is 0 Å². The fourth-order valence-corrected chi connectivity index (χ4v) is 3.63. The maximum absolute atomic E-state index is 13.9. The Labute approximate surface area is 162 Å². The van der Waals surface area contributed by atoms with Gasteiger partial charge in [0.2, 0.25) is 0 Å². The summed E-state index contributed by atoms with van der Waals surface area (Å²) < 4.78 is 14.7. The van der Waals surface area contributed by atoms with E-state index >= 15 is 0 Å². The van der Waals surface area contributed by atoms with Crippen molar-refractivity contribution in [2.75, 3.05) is 44.2 Å². The van der Waals surface area contributed by atoms with Crippen LogP contribution >= 0.6 is 15.9 Å². The van der Waals surface area contributed by atoms with E-state index in [9.17, 15) is 9.18 Å². The van der Waals surface area contributed by atoms with Gasteiger partial charge in [-0.3, -0.25) is 9.69 Å². The molecule has 2 aromatic carbocycles. The van der Waals surface area contributed by atoms with E-state index in [-0.39, 0.29) is 11.7 Å². The summed E-state index contributed by atoms with van der Waals surface area (Å²) in [5, 5.41) is 2.97. The van der Waals surface area contributed by atoms with Crippen molar-refractivity contribution in [3.05, 3.63) is 64.4 Å². The molecule has 4 nitrogen and oxygen atoms in total. The normalized spacial score (nSPS) is 15.1. The van der Waals surface area contributed by atoms with E-state index in [4.69, 9.17) is 0 Å². The minimum absolute atomic E-state index is 0.0538. The number of nitrogens with one attached hydrogen (secondary N) is 1. The molecule has 138 valence electrons. The van der Waals surface area contributed by atoms with Crippen molar-refractivity contribution in [1.29, 1.82) is 0 Å². The van der Waals surface area contributed by atoms with Crippen LogP contribution in [0.25, 0.3) is 0 Å². The molecule has 1 saturated heterocycles. The topological polar surface area (TPSA) is 35.6 Å². The molecule has 0 aliphatic carbocycles. The molecule has 1 heterocycles. The van der Waals surface area contributed by atoms with Crippen molar-refractivity contribution in [3.8, 4) is 0 Å². The quantitative estimate of drug-likeness (QED) is 0.727. The SMILES string of the molecule is O=C(NCCCN1CCN(c2ccccc2F)CC1)c1ccccc1Br. The van der Waals surface area contributed by atoms with Gasteiger partial charge in [0.15, 0.2) is 0 Å². The Morgan fingerprint density at radius 3 is 2.46 bits per heavy atom. The first-order valence-electron chi connectivity index (χ1n) is 8.90. The number of carbonyl (C=O) groups excluding carboxylic acids is 1. The number of benzene rings is 2. The Bertz CT molecular complexity index is 747. The van der Waals surface area contributed by atoms with Crippen LogP contribution in [-0.2, 0) is 0 Å². The van der Waals surface area contributed by atoms with Gasteiger partial charge in [-0.1, -0.05) is 24.3 Å². The summed E-state index contributed by atoms with van der Waals surface area (Å²) >= 11 is 3.40. The molecular formula is C20H23BrFN3O. The Morgan fingerprint density at radius 2 is 1.73 bits per heavy atom. The Kier molecular flexibility index (Phi) is 6.63. The molecule has 6 heteroatoms. The van der Waals surface area contributed by atoms with Crippen LogP contribution in [0.4, 0.5) is 10.1 Å². The number of piperazine rings is 1. The van der Waals surface area contributed by atoms with Gasteiger partial charge in [0, 0.05) is 37.2 Å². The van der Waals surface area contributed by atoms with Gasteiger partial charge in [-0.15, -0.1) is 0 Å². The lowest BCUT2D eigenvalue weighted by Crippen LogP contribution is -2.47. The lowest BCUT2D eigenvalue weighted by atomic mass is 10.2. The van der Waals surface area contributed by atoms with Crippen molar-refractivity contribution in [1.82, 2.24) is 10.2 Å². The van der Waals surface area contributed by atoms with Crippen LogP contribution in [0.1, 0.15) is 16.8 Å². The standard InChI is InChI=1S/C20H23BrFN3O/c21-17-7-2-1-6-16(17)20(26)23-10-5-11-24-12-14-25(15-13-24)19-9-4-3-8-18(19)22/h1-4,6-9H,5,10-15H2,(H,23,26). The number of rotatable bonds is 6. The highest BCUT2D eigenvalue weighted by atomic mass is 79.9. The van der Waals surface area contributed by atoms with Crippen LogP contribution in [0.2, 0.25) is 0 Å². The van der Waals surface area contributed by atoms with Crippen molar-refractivity contribution in [2.24, 2.45) is 0 Å². The summed E-state index contributed by atoms with van der Waals surface area (Å²) in [5.74, 6) is -0.211. The number of halogens is 2. The molecule has 0 radical (unpaired) electrons. The van der Waals surface area contributed by atoms with Crippen molar-refractivity contribution >= 4 is 27.5 Å². The average molecular weight is 420 g/mol. The van der Waals surface area contributed by atoms with Crippen LogP contribution in [-0.4, -0.2) is 50.1 Å². The molecule has 0 aromatic heterocycles. The zero-order valence-corrected chi connectivity index (χ0v) is 16.2. The summed E-state index contributed by atoms with van der Waals surface area (Å²) in [6.07, 6.45) is 0.899. The van der Waals surface area contributed by atoms with Gasteiger partial charge in [-0.05, 0) is 53.2 Å². The Hall–Kier alpha value is -1.92. The first-order valence-corrected chi connectivity index (χ1v) is 9.69. The molecule has 1 aliphatic heterocycles. The molecule has 1 amide bonds. The lowest BCUT2D eigenvalue weighted by molar-refractivity contribution is 0.0950. The average Bonchev–Trinajstić information content (AvgIpc) is 2.66. The van der Waals surface area contributed by atoms with E-state index in [1.807, 2.05) is 30.3 Å². The predicted molar refractivity (Wildman–Crippen MR) is 106 cm³/mol. The molecule has 1 N–H and O–H groups in total. The third-order valence-corrected chi connectivity index (χ3v) is 5.31. The predicted octanol–water partition coefficient (Wildman–Crippen LogP) is 3.53. The maximum Gasteiger partial charge on any atom is 0.252 e. The fourth-order valence-electron chi connectivity index (χ4n) is 3.17. The minimum atomic E-state index is -0.157. The van der Waals surface area contributed by atoms with Gasteiger partial charge in [-0.25, -0.2) is 4.39 Å². The van der Waals surface area contributed by atoms with E-state index in [0.717, 1.165) is 43.6 Å². The third kappa shape index (κ3) is 4.83. The summed E-state index contributed by atoms with van der Waals surface area (Å²) in [4.78, 5) is 16.6. The van der Waals surface area contributed by atoms with E-state index in [2.05, 4.69) is 31.0 Å². The number of anilines is 1. The zero-order valence-electron chi connectivity index (χ0n) is 14.6. The molecular weight excluding hydrogens is 397 g/mol. The number of carbonyl (C=O) groups is 1. The minimum Gasteiger partial charge on any atom is -0.367 e. The van der Waals surface area contributed by atoms with Crippen LogP contribution in [0.15, 0.2) is 53.0 Å². The Morgan fingerprint density at radius 1 is 1.04 bits per heavy atom. The smallest absolute Gasteiger partial charge is 0.252 e. The molecule has 0 bridgehead atoms. The largest absolute Gasteiger partial charge is 0.367 e. The van der Waals surface area contributed by atoms with Gasteiger partial charge >= 0.3 is 0 Å².